The van der Waals surface area contributed by atoms with Crippen molar-refractivity contribution in [3.8, 4) is 0 Å². The summed E-state index contributed by atoms with van der Waals surface area (Å²) in [6.45, 7) is 0. The van der Waals surface area contributed by atoms with Gasteiger partial charge in [-0.15, -0.1) is 0 Å². The number of benzene rings is 1. The normalized spacial score (nSPS) is 17.1. The average Bonchev–Trinajstić information content (AvgIpc) is 2.76. The molecule has 0 fully saturated rings. The summed E-state index contributed by atoms with van der Waals surface area (Å²) in [5.74, 6) is 0. The van der Waals surface area contributed by atoms with E-state index in [1.165, 1.54) is 24.3 Å². The quantitative estimate of drug-likeness (QED) is 0.834. The van der Waals surface area contributed by atoms with Crippen LogP contribution in [-0.2, 0) is 9.84 Å². The predicted octanol–water partition coefficient (Wildman–Crippen LogP) is 3.59. The molecule has 0 radical (unpaired) electrons. The van der Waals surface area contributed by atoms with Crippen molar-refractivity contribution in [3.63, 3.8) is 0 Å². The molecule has 0 atom stereocenters. The molecule has 0 heterocycles. The molecule has 2 nitrogen and oxygen atoms in total. The monoisotopic (exact) mass is 290 g/mol. The van der Waals surface area contributed by atoms with Gasteiger partial charge < -0.3 is 0 Å². The van der Waals surface area contributed by atoms with E-state index in [9.17, 15) is 21.6 Å². The summed E-state index contributed by atoms with van der Waals surface area (Å²) >= 11 is 0. The van der Waals surface area contributed by atoms with E-state index in [-0.39, 0.29) is 16.9 Å². The molecule has 19 heavy (non-hydrogen) atoms. The van der Waals surface area contributed by atoms with E-state index in [4.69, 9.17) is 0 Å². The van der Waals surface area contributed by atoms with Crippen LogP contribution in [0.5, 0.6) is 0 Å². The first-order chi connectivity index (χ1) is 8.69. The largest absolute Gasteiger partial charge is 0.412 e. The lowest BCUT2D eigenvalue weighted by Crippen LogP contribution is -2.11. The van der Waals surface area contributed by atoms with Crippen molar-refractivity contribution in [2.45, 2.75) is 30.3 Å². The molecule has 1 aliphatic carbocycles. The zero-order valence-electron chi connectivity index (χ0n) is 10.3. The van der Waals surface area contributed by atoms with E-state index in [2.05, 4.69) is 0 Å². The number of hydrogen-bond donors (Lipinski definition) is 0. The second kappa shape index (κ2) is 4.67. The van der Waals surface area contributed by atoms with Gasteiger partial charge in [-0.1, -0.05) is 12.1 Å². The molecule has 0 saturated carbocycles. The minimum absolute atomic E-state index is 0.0344. The zero-order valence-corrected chi connectivity index (χ0v) is 11.1. The summed E-state index contributed by atoms with van der Waals surface area (Å²) in [6.07, 6.45) is -2.34. The maximum atomic E-state index is 12.8. The van der Waals surface area contributed by atoms with E-state index in [1.807, 2.05) is 0 Å². The number of sulfone groups is 1. The van der Waals surface area contributed by atoms with Crippen LogP contribution in [0, 0.1) is 0 Å². The summed E-state index contributed by atoms with van der Waals surface area (Å²) < 4.78 is 61.0. The maximum absolute atomic E-state index is 12.8. The van der Waals surface area contributed by atoms with Gasteiger partial charge in [-0.05, 0) is 42.5 Å². The number of allylic oxidation sites excluding steroid dienone is 2. The molecule has 0 saturated heterocycles. The second-order valence-electron chi connectivity index (χ2n) is 4.60. The smallest absolute Gasteiger partial charge is 0.224 e. The Bertz CT molecular complexity index is 610. The van der Waals surface area contributed by atoms with Crippen LogP contribution in [0.1, 0.15) is 24.8 Å². The van der Waals surface area contributed by atoms with Crippen molar-refractivity contribution in [3.05, 3.63) is 35.4 Å². The van der Waals surface area contributed by atoms with Crippen molar-refractivity contribution in [2.75, 3.05) is 6.26 Å². The van der Waals surface area contributed by atoms with Gasteiger partial charge in [-0.2, -0.15) is 13.2 Å². The molecule has 0 N–H and O–H groups in total. The molecule has 0 aliphatic heterocycles. The molecule has 1 aromatic rings. The van der Waals surface area contributed by atoms with Crippen molar-refractivity contribution in [1.29, 1.82) is 0 Å². The van der Waals surface area contributed by atoms with Gasteiger partial charge in [0, 0.05) is 11.8 Å². The fraction of sp³-hybridized carbons (Fsp3) is 0.385. The van der Waals surface area contributed by atoms with Crippen LogP contribution in [0.4, 0.5) is 13.2 Å². The van der Waals surface area contributed by atoms with Gasteiger partial charge in [0.05, 0.1) is 4.90 Å². The fourth-order valence-electron chi connectivity index (χ4n) is 2.28. The Morgan fingerprint density at radius 1 is 1.05 bits per heavy atom. The molecule has 104 valence electrons. The van der Waals surface area contributed by atoms with Gasteiger partial charge in [0.1, 0.15) is 0 Å². The third-order valence-corrected chi connectivity index (χ3v) is 4.32. The number of halogens is 3. The third kappa shape index (κ3) is 3.00. The van der Waals surface area contributed by atoms with Crippen molar-refractivity contribution >= 4 is 15.4 Å². The Kier molecular flexibility index (Phi) is 3.47. The Hall–Kier alpha value is -1.30. The van der Waals surface area contributed by atoms with E-state index in [1.54, 1.807) is 0 Å². The first kappa shape index (κ1) is 14.1. The minimum atomic E-state index is -4.30. The van der Waals surface area contributed by atoms with Crippen LogP contribution in [0.15, 0.2) is 34.7 Å². The van der Waals surface area contributed by atoms with E-state index in [0.717, 1.165) is 6.26 Å². The van der Waals surface area contributed by atoms with Crippen molar-refractivity contribution in [2.24, 2.45) is 0 Å². The predicted molar refractivity (Wildman–Crippen MR) is 66.4 cm³/mol. The van der Waals surface area contributed by atoms with Crippen LogP contribution in [-0.4, -0.2) is 20.8 Å². The molecular formula is C13H13F3O2S. The highest BCUT2D eigenvalue weighted by atomic mass is 32.2. The van der Waals surface area contributed by atoms with Gasteiger partial charge in [0.25, 0.3) is 0 Å². The first-order valence-corrected chi connectivity index (χ1v) is 7.68. The molecule has 1 aromatic carbocycles. The van der Waals surface area contributed by atoms with E-state index < -0.39 is 21.6 Å². The zero-order chi connectivity index (χ0) is 14.3. The molecule has 1 aliphatic rings. The third-order valence-electron chi connectivity index (χ3n) is 3.19. The maximum Gasteiger partial charge on any atom is 0.412 e. The highest BCUT2D eigenvalue weighted by Gasteiger charge is 2.38. The number of hydrogen-bond acceptors (Lipinski definition) is 2. The Balaban J connectivity index is 2.43. The Morgan fingerprint density at radius 3 is 2.11 bits per heavy atom. The highest BCUT2D eigenvalue weighted by molar-refractivity contribution is 7.90. The van der Waals surface area contributed by atoms with Crippen LogP contribution in [0.2, 0.25) is 0 Å². The lowest BCUT2D eigenvalue weighted by molar-refractivity contribution is -0.0925. The topological polar surface area (TPSA) is 34.1 Å². The highest BCUT2D eigenvalue weighted by Crippen LogP contribution is 2.42. The standard InChI is InChI=1S/C13H13F3O2S/c1-19(17,18)10-7-5-9(6-8-10)11-3-2-4-12(11)13(14,15)16/h5-8H,2-4H2,1H3. The Labute approximate surface area is 109 Å². The van der Waals surface area contributed by atoms with Gasteiger partial charge >= 0.3 is 6.18 Å². The van der Waals surface area contributed by atoms with Crippen LogP contribution < -0.4 is 0 Å². The minimum Gasteiger partial charge on any atom is -0.224 e. The van der Waals surface area contributed by atoms with Crippen LogP contribution in [0.25, 0.3) is 5.57 Å². The van der Waals surface area contributed by atoms with Crippen molar-refractivity contribution in [1.82, 2.24) is 0 Å². The van der Waals surface area contributed by atoms with E-state index >= 15 is 0 Å². The molecule has 0 unspecified atom stereocenters. The summed E-state index contributed by atoms with van der Waals surface area (Å²) in [5, 5.41) is 0. The van der Waals surface area contributed by atoms with Gasteiger partial charge in [0.2, 0.25) is 0 Å². The molecule has 0 amide bonds. The molecule has 6 heteroatoms. The lowest BCUT2D eigenvalue weighted by Gasteiger charge is -2.11. The number of alkyl halides is 3. The summed E-state index contributed by atoms with van der Waals surface area (Å²) in [4.78, 5) is 0.114. The average molecular weight is 290 g/mol. The van der Waals surface area contributed by atoms with Gasteiger partial charge in [-0.25, -0.2) is 8.42 Å². The van der Waals surface area contributed by atoms with E-state index in [0.29, 0.717) is 18.4 Å². The number of rotatable bonds is 2. The van der Waals surface area contributed by atoms with Crippen LogP contribution in [0.3, 0.4) is 0 Å². The first-order valence-electron chi connectivity index (χ1n) is 5.79. The van der Waals surface area contributed by atoms with Gasteiger partial charge in [-0.3, -0.25) is 0 Å². The van der Waals surface area contributed by atoms with Crippen LogP contribution >= 0.6 is 0 Å². The molecular weight excluding hydrogens is 277 g/mol. The molecule has 0 bridgehead atoms. The summed E-state index contributed by atoms with van der Waals surface area (Å²) in [5.41, 5.74) is 0.254. The summed E-state index contributed by atoms with van der Waals surface area (Å²) in [6, 6.07) is 5.60. The molecule has 0 aromatic heterocycles. The lowest BCUT2D eigenvalue weighted by atomic mass is 10.0. The molecule has 0 spiro atoms. The fourth-order valence-corrected chi connectivity index (χ4v) is 2.91. The SMILES string of the molecule is CS(=O)(=O)c1ccc(C2=C(C(F)(F)F)CCC2)cc1. The van der Waals surface area contributed by atoms with Crippen molar-refractivity contribution < 1.29 is 21.6 Å². The summed E-state index contributed by atoms with van der Waals surface area (Å²) in [7, 11) is -3.32. The van der Waals surface area contributed by atoms with Gasteiger partial charge in [0.15, 0.2) is 9.84 Å². The second-order valence-corrected chi connectivity index (χ2v) is 6.62. The Morgan fingerprint density at radius 2 is 1.63 bits per heavy atom. The molecule has 2 rings (SSSR count).